The molecule has 2 aromatic heterocycles. The first kappa shape index (κ1) is 28.9. The Morgan fingerprint density at radius 1 is 1.38 bits per heavy atom. The number of aryl methyl sites for hydroxylation is 1. The number of aromatic hydroxyl groups is 1. The summed E-state index contributed by atoms with van der Waals surface area (Å²) in [6, 6.07) is -0.993. The van der Waals surface area contributed by atoms with Crippen LogP contribution in [0.25, 0.3) is 0 Å². The molecular weight excluding hydrogens is 559 g/mol. The Morgan fingerprint density at radius 3 is 2.73 bits per heavy atom. The number of nitrogen functional groups attached to an aromatic ring is 1. The zero-order valence-electron chi connectivity index (χ0n) is 18.6. The first-order valence-corrected chi connectivity index (χ1v) is 12.8. The second-order valence-electron chi connectivity index (χ2n) is 7.25. The maximum absolute atomic E-state index is 12.9. The van der Waals surface area contributed by atoms with Crippen LogP contribution in [0.15, 0.2) is 31.8 Å². The standard InChI is InChI=1S/C18H18N8O7S3.Na.H/c1-25-18(22-12(28)13(29)23-25)36-4-6-3-34-15-9(14(30)26(15)10(6)16(31)32)21-11(27)8(24-33-2)7-5-35-17(19)20-7;;/h5,9,15H,3-4H2,1-2H3,(H2,19,20)(H,21,27)(H,23,29)(H,31,32);;/b24-8-;;/t9-,15-;;/m1../s1. The molecule has 4 rings (SSSR count). The van der Waals surface area contributed by atoms with Crippen LogP contribution in [0.4, 0.5) is 5.13 Å². The number of nitrogens with two attached hydrogens (primary N) is 1. The minimum atomic E-state index is -1.31. The Bertz CT molecular complexity index is 1380. The number of anilines is 1. The summed E-state index contributed by atoms with van der Waals surface area (Å²) in [5.41, 5.74) is 4.94. The van der Waals surface area contributed by atoms with Gasteiger partial charge in [-0.1, -0.05) is 16.9 Å². The molecule has 192 valence electrons. The fourth-order valence-corrected chi connectivity index (χ4v) is 6.35. The molecule has 2 aliphatic heterocycles. The number of hydrogen-bond donors (Lipinski definition) is 4. The fourth-order valence-electron chi connectivity index (χ4n) is 3.41. The third-order valence-electron chi connectivity index (χ3n) is 4.98. The number of hydrogen-bond acceptors (Lipinski definition) is 14. The topological polar surface area (TPSA) is 215 Å². The van der Waals surface area contributed by atoms with E-state index in [4.69, 9.17) is 10.6 Å². The number of thiazole rings is 1. The van der Waals surface area contributed by atoms with E-state index >= 15 is 0 Å². The molecule has 0 spiro atoms. The van der Waals surface area contributed by atoms with Crippen LogP contribution >= 0.6 is 34.9 Å². The summed E-state index contributed by atoms with van der Waals surface area (Å²) >= 11 is 3.41. The number of nitrogens with zero attached hydrogens (tertiary/aromatic N) is 6. The summed E-state index contributed by atoms with van der Waals surface area (Å²) < 4.78 is 1.19. The second kappa shape index (κ2) is 11.8. The van der Waals surface area contributed by atoms with Gasteiger partial charge in [-0.15, -0.1) is 28.2 Å². The number of fused-ring (bicyclic) bond motifs is 1. The van der Waals surface area contributed by atoms with Gasteiger partial charge in [-0.3, -0.25) is 19.3 Å². The number of carbonyl (C=O) groups excluding carboxylic acids is 2. The molecule has 0 saturated carbocycles. The molecule has 0 radical (unpaired) electrons. The molecule has 2 aromatic rings. The summed E-state index contributed by atoms with van der Waals surface area (Å²) in [4.78, 5) is 62.9. The van der Waals surface area contributed by atoms with Crippen LogP contribution in [0.2, 0.25) is 0 Å². The first-order valence-electron chi connectivity index (χ1n) is 9.92. The summed E-state index contributed by atoms with van der Waals surface area (Å²) in [5.74, 6) is -3.04. The van der Waals surface area contributed by atoms with Crippen molar-refractivity contribution >= 4 is 93.0 Å². The SMILES string of the molecule is CO/N=C(\C(=O)N[C@@H]1C(=O)N2C(C(=O)O)=C(CSc3nc(=O)c(O)nn3C)CS[C@H]12)c1csc(N)n1.[NaH]. The molecule has 0 bridgehead atoms. The van der Waals surface area contributed by atoms with Crippen LogP contribution in [0, 0.1) is 0 Å². The van der Waals surface area contributed by atoms with Crippen LogP contribution in [-0.4, -0.2) is 118 Å². The van der Waals surface area contributed by atoms with Crippen molar-refractivity contribution in [2.75, 3.05) is 24.3 Å². The average Bonchev–Trinajstić information content (AvgIpc) is 3.27. The van der Waals surface area contributed by atoms with E-state index in [1.165, 1.54) is 36.0 Å². The molecule has 2 aliphatic rings. The van der Waals surface area contributed by atoms with E-state index in [-0.39, 0.29) is 68.5 Å². The number of oxime groups is 1. The van der Waals surface area contributed by atoms with Crippen molar-refractivity contribution in [1.82, 2.24) is 30.0 Å². The number of carbonyl (C=O) groups is 3. The normalized spacial score (nSPS) is 19.0. The zero-order chi connectivity index (χ0) is 26.1. The molecule has 4 heterocycles. The van der Waals surface area contributed by atoms with E-state index in [0.717, 1.165) is 28.0 Å². The van der Waals surface area contributed by atoms with Gasteiger partial charge in [0.15, 0.2) is 16.0 Å². The van der Waals surface area contributed by atoms with E-state index in [1.807, 2.05) is 0 Å². The molecule has 15 nitrogen and oxygen atoms in total. The number of aliphatic carboxylic acids is 1. The van der Waals surface area contributed by atoms with E-state index in [0.29, 0.717) is 5.57 Å². The fraction of sp³-hybridized carbons (Fsp3) is 0.333. The Morgan fingerprint density at radius 2 is 2.11 bits per heavy atom. The van der Waals surface area contributed by atoms with Gasteiger partial charge < -0.3 is 26.1 Å². The number of carboxylic acids is 1. The van der Waals surface area contributed by atoms with Crippen molar-refractivity contribution in [2.45, 2.75) is 16.6 Å². The molecule has 0 aliphatic carbocycles. The van der Waals surface area contributed by atoms with Gasteiger partial charge in [-0.05, 0) is 5.57 Å². The van der Waals surface area contributed by atoms with Crippen LogP contribution in [0.1, 0.15) is 5.69 Å². The number of amides is 2. The Balaban J connectivity index is 0.00000380. The molecule has 1 fully saturated rings. The molecule has 2 amide bonds. The third-order valence-corrected chi connectivity index (χ3v) is 8.10. The predicted octanol–water partition coefficient (Wildman–Crippen LogP) is -1.85. The van der Waals surface area contributed by atoms with E-state index in [2.05, 4.69) is 25.5 Å². The molecular formula is C18H19N8NaO7S3. The molecule has 37 heavy (non-hydrogen) atoms. The van der Waals surface area contributed by atoms with Crippen molar-refractivity contribution < 1.29 is 29.4 Å². The third kappa shape index (κ3) is 5.78. The molecule has 0 aromatic carbocycles. The number of aromatic nitrogens is 4. The van der Waals surface area contributed by atoms with Crippen LogP contribution < -0.4 is 16.6 Å². The summed E-state index contributed by atoms with van der Waals surface area (Å²) in [6.07, 6.45) is 0. The minimum absolute atomic E-state index is 0. The van der Waals surface area contributed by atoms with Gasteiger partial charge in [-0.2, -0.15) is 4.98 Å². The average molecular weight is 579 g/mol. The van der Waals surface area contributed by atoms with Crippen LogP contribution in [-0.2, 0) is 26.3 Å². The first-order chi connectivity index (χ1) is 17.1. The van der Waals surface area contributed by atoms with Crippen LogP contribution in [0.5, 0.6) is 5.88 Å². The van der Waals surface area contributed by atoms with Gasteiger partial charge in [0.1, 0.15) is 29.9 Å². The van der Waals surface area contributed by atoms with Crippen LogP contribution in [0.3, 0.4) is 0 Å². The van der Waals surface area contributed by atoms with Gasteiger partial charge in [0.2, 0.25) is 0 Å². The monoisotopic (exact) mass is 578 g/mol. The van der Waals surface area contributed by atoms with E-state index in [1.54, 1.807) is 0 Å². The van der Waals surface area contributed by atoms with Gasteiger partial charge in [0, 0.05) is 23.9 Å². The Hall–Kier alpha value is -2.64. The van der Waals surface area contributed by atoms with E-state index < -0.39 is 40.6 Å². The molecule has 19 heteroatoms. The van der Waals surface area contributed by atoms with Gasteiger partial charge in [-0.25, -0.2) is 14.5 Å². The Kier molecular flexibility index (Phi) is 9.24. The predicted molar refractivity (Wildman–Crippen MR) is 137 cm³/mol. The molecule has 1 saturated heterocycles. The van der Waals surface area contributed by atoms with Crippen molar-refractivity contribution in [1.29, 1.82) is 0 Å². The van der Waals surface area contributed by atoms with Crippen molar-refractivity contribution in [3.8, 4) is 5.88 Å². The van der Waals surface area contributed by atoms with E-state index in [9.17, 15) is 29.4 Å². The molecule has 5 N–H and O–H groups in total. The number of nitrogens with one attached hydrogen (secondary N) is 1. The maximum atomic E-state index is 12.9. The summed E-state index contributed by atoms with van der Waals surface area (Å²) in [7, 11) is 2.72. The van der Waals surface area contributed by atoms with Gasteiger partial charge in [0.25, 0.3) is 17.7 Å². The number of rotatable bonds is 8. The molecule has 0 unspecified atom stereocenters. The zero-order valence-corrected chi connectivity index (χ0v) is 21.0. The van der Waals surface area contributed by atoms with Crippen molar-refractivity contribution in [3.05, 3.63) is 32.7 Å². The van der Waals surface area contributed by atoms with Crippen molar-refractivity contribution in [2.24, 2.45) is 12.2 Å². The number of carboxylic acid groups (broad SMARTS) is 1. The quantitative estimate of drug-likeness (QED) is 0.0891. The Labute approximate surface area is 242 Å². The second-order valence-corrected chi connectivity index (χ2v) is 10.2. The van der Waals surface area contributed by atoms with Crippen molar-refractivity contribution in [3.63, 3.8) is 0 Å². The van der Waals surface area contributed by atoms with Gasteiger partial charge in [0.05, 0.1) is 0 Å². The number of thioether (sulfide) groups is 2. The summed E-state index contributed by atoms with van der Waals surface area (Å²) in [5, 5.41) is 30.3. The number of β-lactam (4-membered cyclic amide) rings is 1. The summed E-state index contributed by atoms with van der Waals surface area (Å²) in [6.45, 7) is 0. The molecule has 2 atom stereocenters. The van der Waals surface area contributed by atoms with Gasteiger partial charge >= 0.3 is 41.1 Å².